The second-order valence-corrected chi connectivity index (χ2v) is 7.47. The highest BCUT2D eigenvalue weighted by molar-refractivity contribution is 5.77. The quantitative estimate of drug-likeness (QED) is 0.232. The van der Waals surface area contributed by atoms with E-state index in [-0.39, 0.29) is 25.0 Å². The zero-order valence-corrected chi connectivity index (χ0v) is 17.7. The Morgan fingerprint density at radius 3 is 1.63 bits per heavy atom. The van der Waals surface area contributed by atoms with Gasteiger partial charge in [-0.15, -0.1) is 0 Å². The molecule has 0 radical (unpaired) electrons. The molecular formula is C22H44N2O3. The minimum atomic E-state index is -0.228. The van der Waals surface area contributed by atoms with E-state index in [2.05, 4.69) is 12.2 Å². The molecule has 0 saturated carbocycles. The number of amides is 1. The van der Waals surface area contributed by atoms with E-state index in [1.54, 1.807) is 0 Å². The number of unbranched alkanes of at least 4 members (excludes halogenated alkanes) is 14. The topological polar surface area (TPSA) is 81.4 Å². The van der Waals surface area contributed by atoms with Gasteiger partial charge in [0.2, 0.25) is 5.91 Å². The van der Waals surface area contributed by atoms with E-state index in [9.17, 15) is 9.59 Å². The van der Waals surface area contributed by atoms with Crippen LogP contribution in [0.3, 0.4) is 0 Å². The Morgan fingerprint density at radius 1 is 0.741 bits per heavy atom. The van der Waals surface area contributed by atoms with Crippen molar-refractivity contribution in [2.24, 2.45) is 5.73 Å². The van der Waals surface area contributed by atoms with E-state index in [4.69, 9.17) is 10.5 Å². The molecule has 0 heterocycles. The second kappa shape index (κ2) is 21.2. The smallest absolute Gasteiger partial charge is 0.305 e. The molecule has 160 valence electrons. The van der Waals surface area contributed by atoms with E-state index in [1.165, 1.54) is 83.5 Å². The van der Waals surface area contributed by atoms with Crippen molar-refractivity contribution < 1.29 is 14.3 Å². The van der Waals surface area contributed by atoms with Gasteiger partial charge in [-0.05, 0) is 6.42 Å². The van der Waals surface area contributed by atoms with Crippen LogP contribution in [0.1, 0.15) is 110 Å². The van der Waals surface area contributed by atoms with Crippen LogP contribution in [0.2, 0.25) is 0 Å². The predicted octanol–water partition coefficient (Wildman–Crippen LogP) is 4.87. The van der Waals surface area contributed by atoms with Crippen molar-refractivity contribution in [3.05, 3.63) is 0 Å². The zero-order valence-electron chi connectivity index (χ0n) is 17.7. The van der Waals surface area contributed by atoms with Crippen LogP contribution < -0.4 is 11.1 Å². The maximum absolute atomic E-state index is 11.5. The Hall–Kier alpha value is -1.10. The van der Waals surface area contributed by atoms with Gasteiger partial charge in [-0.3, -0.25) is 9.59 Å². The number of ether oxygens (including phenoxy) is 1. The molecule has 0 spiro atoms. The maximum Gasteiger partial charge on any atom is 0.305 e. The highest BCUT2D eigenvalue weighted by atomic mass is 16.5. The Morgan fingerprint density at radius 2 is 1.19 bits per heavy atom. The van der Waals surface area contributed by atoms with Crippen LogP contribution in [0.25, 0.3) is 0 Å². The lowest BCUT2D eigenvalue weighted by Gasteiger charge is -2.06. The van der Waals surface area contributed by atoms with Crippen LogP contribution in [0.4, 0.5) is 0 Å². The van der Waals surface area contributed by atoms with Gasteiger partial charge < -0.3 is 15.8 Å². The van der Waals surface area contributed by atoms with Crippen molar-refractivity contribution in [1.82, 2.24) is 5.32 Å². The highest BCUT2D eigenvalue weighted by Crippen LogP contribution is 2.13. The van der Waals surface area contributed by atoms with Gasteiger partial charge in [0, 0.05) is 6.42 Å². The van der Waals surface area contributed by atoms with E-state index in [0.29, 0.717) is 13.0 Å². The standard InChI is InChI=1S/C22H44N2O3/c1-2-3-4-5-6-7-8-9-10-11-12-13-14-15-16-17-22(26)27-19-18-24-21(25)20-23/h2-20,23H2,1H3,(H,24,25). The molecule has 0 aromatic rings. The van der Waals surface area contributed by atoms with Gasteiger partial charge in [-0.2, -0.15) is 0 Å². The lowest BCUT2D eigenvalue weighted by molar-refractivity contribution is -0.144. The molecule has 0 bridgehead atoms. The summed E-state index contributed by atoms with van der Waals surface area (Å²) in [6, 6.07) is 0. The number of esters is 1. The van der Waals surface area contributed by atoms with Gasteiger partial charge >= 0.3 is 5.97 Å². The molecule has 5 nitrogen and oxygen atoms in total. The SMILES string of the molecule is CCCCCCCCCCCCCCCCCC(=O)OCCNC(=O)CN. The minimum Gasteiger partial charge on any atom is -0.464 e. The summed E-state index contributed by atoms with van der Waals surface area (Å²) in [5.41, 5.74) is 5.16. The Balaban J connectivity index is 3.15. The first kappa shape index (κ1) is 25.9. The molecule has 0 saturated heterocycles. The van der Waals surface area contributed by atoms with E-state index < -0.39 is 0 Å². The number of carbonyl (C=O) groups is 2. The van der Waals surface area contributed by atoms with Crippen molar-refractivity contribution in [3.8, 4) is 0 Å². The van der Waals surface area contributed by atoms with Crippen molar-refractivity contribution in [1.29, 1.82) is 0 Å². The van der Waals surface area contributed by atoms with Gasteiger partial charge in [0.25, 0.3) is 0 Å². The zero-order chi connectivity index (χ0) is 20.0. The average Bonchev–Trinajstić information content (AvgIpc) is 2.68. The molecule has 0 aromatic heterocycles. The van der Waals surface area contributed by atoms with Crippen LogP contribution in [0.5, 0.6) is 0 Å². The summed E-state index contributed by atoms with van der Waals surface area (Å²) in [4.78, 5) is 22.4. The molecule has 0 aliphatic rings. The van der Waals surface area contributed by atoms with Crippen LogP contribution in [0, 0.1) is 0 Å². The van der Waals surface area contributed by atoms with E-state index in [0.717, 1.165) is 12.8 Å². The average molecular weight is 385 g/mol. The lowest BCUT2D eigenvalue weighted by atomic mass is 10.0. The predicted molar refractivity (Wildman–Crippen MR) is 113 cm³/mol. The minimum absolute atomic E-state index is 0.0347. The molecule has 0 unspecified atom stereocenters. The maximum atomic E-state index is 11.5. The number of hydrogen-bond donors (Lipinski definition) is 2. The van der Waals surface area contributed by atoms with E-state index >= 15 is 0 Å². The molecule has 0 aliphatic heterocycles. The third-order valence-electron chi connectivity index (χ3n) is 4.86. The molecule has 0 fully saturated rings. The molecular weight excluding hydrogens is 340 g/mol. The van der Waals surface area contributed by atoms with Gasteiger partial charge in [-0.1, -0.05) is 96.8 Å². The first-order valence-corrected chi connectivity index (χ1v) is 11.3. The normalized spacial score (nSPS) is 10.7. The van der Waals surface area contributed by atoms with Crippen LogP contribution in [0.15, 0.2) is 0 Å². The highest BCUT2D eigenvalue weighted by Gasteiger charge is 2.03. The first-order valence-electron chi connectivity index (χ1n) is 11.3. The van der Waals surface area contributed by atoms with Gasteiger partial charge in [0.05, 0.1) is 13.1 Å². The molecule has 0 aliphatic carbocycles. The number of hydrogen-bond acceptors (Lipinski definition) is 4. The summed E-state index contributed by atoms with van der Waals surface area (Å²) >= 11 is 0. The third kappa shape index (κ3) is 21.1. The molecule has 1 amide bonds. The van der Waals surface area contributed by atoms with Gasteiger partial charge in [0.15, 0.2) is 0 Å². The summed E-state index contributed by atoms with van der Waals surface area (Å²) in [5, 5.41) is 2.57. The summed E-state index contributed by atoms with van der Waals surface area (Å²) in [5.74, 6) is -0.403. The molecule has 0 aromatic carbocycles. The molecule has 0 atom stereocenters. The monoisotopic (exact) mass is 384 g/mol. The number of carbonyl (C=O) groups excluding carboxylic acids is 2. The second-order valence-electron chi connectivity index (χ2n) is 7.47. The number of rotatable bonds is 20. The van der Waals surface area contributed by atoms with E-state index in [1.807, 2.05) is 0 Å². The molecule has 5 heteroatoms. The van der Waals surface area contributed by atoms with Gasteiger partial charge in [0.1, 0.15) is 6.61 Å². The largest absolute Gasteiger partial charge is 0.464 e. The summed E-state index contributed by atoms with van der Waals surface area (Å²) in [7, 11) is 0. The van der Waals surface area contributed by atoms with Crippen molar-refractivity contribution >= 4 is 11.9 Å². The third-order valence-corrected chi connectivity index (χ3v) is 4.86. The Labute approximate surface area is 167 Å². The molecule has 27 heavy (non-hydrogen) atoms. The fourth-order valence-corrected chi connectivity index (χ4v) is 3.14. The van der Waals surface area contributed by atoms with Crippen LogP contribution in [-0.2, 0) is 14.3 Å². The Kier molecular flexibility index (Phi) is 20.3. The van der Waals surface area contributed by atoms with Gasteiger partial charge in [-0.25, -0.2) is 0 Å². The fraction of sp³-hybridized carbons (Fsp3) is 0.909. The Bertz CT molecular complexity index is 348. The summed E-state index contributed by atoms with van der Waals surface area (Å²) < 4.78 is 5.06. The van der Waals surface area contributed by atoms with Crippen molar-refractivity contribution in [2.75, 3.05) is 19.7 Å². The van der Waals surface area contributed by atoms with Crippen LogP contribution in [-0.4, -0.2) is 31.6 Å². The molecule has 0 rings (SSSR count). The van der Waals surface area contributed by atoms with Crippen molar-refractivity contribution in [3.63, 3.8) is 0 Å². The lowest BCUT2D eigenvalue weighted by Crippen LogP contribution is -2.33. The fourth-order valence-electron chi connectivity index (χ4n) is 3.14. The summed E-state index contributed by atoms with van der Waals surface area (Å²) in [6.07, 6.45) is 20.2. The number of nitrogens with one attached hydrogen (secondary N) is 1. The van der Waals surface area contributed by atoms with Crippen molar-refractivity contribution in [2.45, 2.75) is 110 Å². The summed E-state index contributed by atoms with van der Waals surface area (Å²) in [6.45, 7) is 2.79. The number of nitrogens with two attached hydrogens (primary N) is 1. The first-order chi connectivity index (χ1) is 13.2. The molecule has 3 N–H and O–H groups in total. The van der Waals surface area contributed by atoms with Crippen LogP contribution >= 0.6 is 0 Å².